The first-order valence-electron chi connectivity index (χ1n) is 3.96. The van der Waals surface area contributed by atoms with Crippen LogP contribution in [0.15, 0.2) is 0 Å². The van der Waals surface area contributed by atoms with E-state index >= 15 is 0 Å². The van der Waals surface area contributed by atoms with Crippen molar-refractivity contribution < 1.29 is 17.2 Å². The highest BCUT2D eigenvalue weighted by atomic mass is 32.2. The van der Waals surface area contributed by atoms with E-state index in [1.165, 1.54) is 0 Å². The van der Waals surface area contributed by atoms with Crippen LogP contribution in [0.25, 0.3) is 0 Å². The van der Waals surface area contributed by atoms with E-state index in [1.54, 1.807) is 20.8 Å². The second-order valence-corrected chi connectivity index (χ2v) is 7.72. The van der Waals surface area contributed by atoms with E-state index in [9.17, 15) is 12.6 Å². The van der Waals surface area contributed by atoms with Gasteiger partial charge in [0, 0.05) is 0 Å². The van der Waals surface area contributed by atoms with Gasteiger partial charge >= 0.3 is 0 Å². The van der Waals surface area contributed by atoms with Gasteiger partial charge in [0.25, 0.3) is 0 Å². The smallest absolute Gasteiger partial charge is 0.155 e. The summed E-state index contributed by atoms with van der Waals surface area (Å²) in [5, 5.41) is 0. The molecule has 0 aromatic carbocycles. The summed E-state index contributed by atoms with van der Waals surface area (Å²) in [6.45, 7) is 4.87. The molecule has 13 heavy (non-hydrogen) atoms. The Labute approximate surface area is 81.9 Å². The zero-order valence-electron chi connectivity index (χ0n) is 8.11. The van der Waals surface area contributed by atoms with Crippen LogP contribution < -0.4 is 0 Å². The van der Waals surface area contributed by atoms with Crippen molar-refractivity contribution >= 4 is 20.9 Å². The number of hydrogen-bond acceptors (Lipinski definition) is 3. The molecule has 0 rings (SSSR count). The molecular formula is C7H16O4S2. The van der Waals surface area contributed by atoms with Gasteiger partial charge in [-0.25, -0.2) is 12.6 Å². The maximum Gasteiger partial charge on any atom is 0.155 e. The van der Waals surface area contributed by atoms with Crippen LogP contribution in [0.3, 0.4) is 0 Å². The lowest BCUT2D eigenvalue weighted by Gasteiger charge is -2.18. The molecule has 0 amide bonds. The van der Waals surface area contributed by atoms with E-state index in [0.717, 1.165) is 0 Å². The predicted molar refractivity (Wildman–Crippen MR) is 53.8 cm³/mol. The van der Waals surface area contributed by atoms with Crippen LogP contribution in [-0.2, 0) is 20.9 Å². The quantitative estimate of drug-likeness (QED) is 0.723. The fourth-order valence-corrected chi connectivity index (χ4v) is 2.39. The Kier molecular flexibility index (Phi) is 4.54. The Morgan fingerprint density at radius 2 is 1.77 bits per heavy atom. The van der Waals surface area contributed by atoms with Gasteiger partial charge in [-0.05, 0) is 27.2 Å². The second kappa shape index (κ2) is 4.52. The first kappa shape index (κ1) is 13.1. The third-order valence-electron chi connectivity index (χ3n) is 1.67. The van der Waals surface area contributed by atoms with E-state index in [-0.39, 0.29) is 17.9 Å². The lowest BCUT2D eigenvalue weighted by Crippen LogP contribution is -2.30. The number of rotatable bonds is 4. The van der Waals surface area contributed by atoms with Crippen molar-refractivity contribution in [2.45, 2.75) is 31.9 Å². The maximum atomic E-state index is 11.5. The Bertz CT molecular complexity index is 273. The standard InChI is InChI=1S/C7H16O4S2/c1-7(2,3)13(10,11)6-4-5-12(8)9/h4-6H2,1-3H3,(H,8,9). The summed E-state index contributed by atoms with van der Waals surface area (Å²) in [6, 6.07) is 0. The summed E-state index contributed by atoms with van der Waals surface area (Å²) < 4.78 is 40.8. The van der Waals surface area contributed by atoms with Crippen LogP contribution >= 0.6 is 0 Å². The zero-order valence-corrected chi connectivity index (χ0v) is 9.74. The average molecular weight is 228 g/mol. The van der Waals surface area contributed by atoms with Gasteiger partial charge in [-0.2, -0.15) is 0 Å². The zero-order chi connectivity index (χ0) is 10.7. The monoisotopic (exact) mass is 228 g/mol. The molecule has 0 aliphatic rings. The molecule has 0 radical (unpaired) electrons. The molecule has 0 spiro atoms. The van der Waals surface area contributed by atoms with Gasteiger partial charge in [0.15, 0.2) is 20.9 Å². The highest BCUT2D eigenvalue weighted by molar-refractivity contribution is 7.92. The molecular weight excluding hydrogens is 212 g/mol. The fourth-order valence-electron chi connectivity index (χ4n) is 0.679. The van der Waals surface area contributed by atoms with Crippen molar-refractivity contribution in [2.75, 3.05) is 11.5 Å². The maximum absolute atomic E-state index is 11.5. The molecule has 0 bridgehead atoms. The van der Waals surface area contributed by atoms with Gasteiger partial charge in [-0.3, -0.25) is 0 Å². The van der Waals surface area contributed by atoms with Crippen LogP contribution in [-0.4, -0.2) is 33.4 Å². The van der Waals surface area contributed by atoms with E-state index in [1.807, 2.05) is 0 Å². The van der Waals surface area contributed by atoms with Gasteiger partial charge in [0.2, 0.25) is 0 Å². The SMILES string of the molecule is CC(C)(C)S(=O)(=O)CCCS(=O)O. The van der Waals surface area contributed by atoms with E-state index in [4.69, 9.17) is 4.55 Å². The average Bonchev–Trinajstić information content (AvgIpc) is 1.82. The van der Waals surface area contributed by atoms with Gasteiger partial charge in [-0.1, -0.05) is 0 Å². The van der Waals surface area contributed by atoms with Crippen LogP contribution in [0, 0.1) is 0 Å². The summed E-state index contributed by atoms with van der Waals surface area (Å²) in [5.41, 5.74) is 0. The molecule has 0 aromatic rings. The largest absolute Gasteiger partial charge is 0.306 e. The van der Waals surface area contributed by atoms with Crippen LogP contribution in [0.4, 0.5) is 0 Å². The third kappa shape index (κ3) is 4.73. The first-order chi connectivity index (χ1) is 5.67. The van der Waals surface area contributed by atoms with E-state index in [0.29, 0.717) is 0 Å². The molecule has 0 saturated heterocycles. The Morgan fingerprint density at radius 3 is 2.08 bits per heavy atom. The van der Waals surface area contributed by atoms with Crippen LogP contribution in [0.2, 0.25) is 0 Å². The van der Waals surface area contributed by atoms with Gasteiger partial charge in [-0.15, -0.1) is 0 Å². The molecule has 0 heterocycles. The van der Waals surface area contributed by atoms with Crippen molar-refractivity contribution in [1.29, 1.82) is 0 Å². The van der Waals surface area contributed by atoms with E-state index in [2.05, 4.69) is 0 Å². The summed E-state index contributed by atoms with van der Waals surface area (Å²) in [7, 11) is -3.14. The Balaban J connectivity index is 4.15. The molecule has 0 fully saturated rings. The summed E-state index contributed by atoms with van der Waals surface area (Å²) in [4.78, 5) is 0. The summed E-state index contributed by atoms with van der Waals surface area (Å²) in [6.07, 6.45) is 0.239. The first-order valence-corrected chi connectivity index (χ1v) is 6.89. The summed E-state index contributed by atoms with van der Waals surface area (Å²) >= 11 is -1.89. The highest BCUT2D eigenvalue weighted by Gasteiger charge is 2.28. The molecule has 1 unspecified atom stereocenters. The third-order valence-corrected chi connectivity index (χ3v) is 5.00. The van der Waals surface area contributed by atoms with E-state index < -0.39 is 25.7 Å². The summed E-state index contributed by atoms with van der Waals surface area (Å²) in [5.74, 6) is -0.00187. The van der Waals surface area contributed by atoms with Crippen LogP contribution in [0.1, 0.15) is 27.2 Å². The predicted octanol–water partition coefficient (Wildman–Crippen LogP) is 0.812. The molecule has 80 valence electrons. The van der Waals surface area contributed by atoms with Crippen molar-refractivity contribution in [1.82, 2.24) is 0 Å². The minimum Gasteiger partial charge on any atom is -0.306 e. The topological polar surface area (TPSA) is 71.4 Å². The molecule has 0 saturated carbocycles. The van der Waals surface area contributed by atoms with Crippen LogP contribution in [0.5, 0.6) is 0 Å². The number of sulfone groups is 1. The highest BCUT2D eigenvalue weighted by Crippen LogP contribution is 2.16. The molecule has 1 N–H and O–H groups in total. The molecule has 0 aliphatic carbocycles. The molecule has 0 aromatic heterocycles. The van der Waals surface area contributed by atoms with Crippen molar-refractivity contribution in [3.05, 3.63) is 0 Å². The molecule has 1 atom stereocenters. The minimum absolute atomic E-state index is 0.0231. The minimum atomic E-state index is -3.14. The molecule has 6 heteroatoms. The number of hydrogen-bond donors (Lipinski definition) is 1. The van der Waals surface area contributed by atoms with Crippen molar-refractivity contribution in [3.8, 4) is 0 Å². The molecule has 4 nitrogen and oxygen atoms in total. The fraction of sp³-hybridized carbons (Fsp3) is 1.00. The Hall–Kier alpha value is 0.0600. The van der Waals surface area contributed by atoms with Gasteiger partial charge in [0.1, 0.15) is 0 Å². The van der Waals surface area contributed by atoms with Crippen molar-refractivity contribution in [3.63, 3.8) is 0 Å². The Morgan fingerprint density at radius 1 is 1.31 bits per heavy atom. The lowest BCUT2D eigenvalue weighted by atomic mass is 10.3. The normalized spacial score (nSPS) is 15.7. The second-order valence-electron chi connectivity index (χ2n) is 3.81. The molecule has 0 aliphatic heterocycles. The van der Waals surface area contributed by atoms with Gasteiger partial charge in [0.05, 0.1) is 16.3 Å². The lowest BCUT2D eigenvalue weighted by molar-refractivity contribution is 0.555. The van der Waals surface area contributed by atoms with Crippen molar-refractivity contribution in [2.24, 2.45) is 0 Å². The van der Waals surface area contributed by atoms with Gasteiger partial charge < -0.3 is 4.55 Å².